The number of benzene rings is 2. The van der Waals surface area contributed by atoms with E-state index in [4.69, 9.17) is 0 Å². The van der Waals surface area contributed by atoms with Crippen molar-refractivity contribution in [3.63, 3.8) is 0 Å². The van der Waals surface area contributed by atoms with E-state index >= 15 is 0 Å². The summed E-state index contributed by atoms with van der Waals surface area (Å²) < 4.78 is 1.20. The summed E-state index contributed by atoms with van der Waals surface area (Å²) in [5, 5.41) is 3.34. The van der Waals surface area contributed by atoms with Crippen molar-refractivity contribution in [2.24, 2.45) is 0 Å². The van der Waals surface area contributed by atoms with Crippen LogP contribution >= 0.6 is 27.7 Å². The molecule has 0 saturated heterocycles. The van der Waals surface area contributed by atoms with Crippen LogP contribution in [0.2, 0.25) is 0 Å². The van der Waals surface area contributed by atoms with Crippen LogP contribution in [0.25, 0.3) is 0 Å². The van der Waals surface area contributed by atoms with E-state index in [0.717, 1.165) is 11.7 Å². The van der Waals surface area contributed by atoms with Crippen LogP contribution in [0.15, 0.2) is 51.8 Å². The van der Waals surface area contributed by atoms with Crippen LogP contribution in [-0.2, 0) is 5.75 Å². The molecular formula is C17H18BrNS. The van der Waals surface area contributed by atoms with Gasteiger partial charge >= 0.3 is 0 Å². The van der Waals surface area contributed by atoms with Gasteiger partial charge in [-0.1, -0.05) is 46.3 Å². The lowest BCUT2D eigenvalue weighted by molar-refractivity contribution is 1.07. The zero-order valence-corrected chi connectivity index (χ0v) is 13.9. The number of rotatable bonds is 5. The highest BCUT2D eigenvalue weighted by Gasteiger charge is 2.27. The first-order valence-corrected chi connectivity index (χ1v) is 8.74. The van der Waals surface area contributed by atoms with E-state index < -0.39 is 0 Å². The Kier molecular flexibility index (Phi) is 4.37. The zero-order chi connectivity index (χ0) is 13.9. The normalized spacial score (nSPS) is 14.3. The quantitative estimate of drug-likeness (QED) is 0.700. The fourth-order valence-electron chi connectivity index (χ4n) is 2.39. The van der Waals surface area contributed by atoms with Gasteiger partial charge in [0.15, 0.2) is 0 Å². The molecule has 20 heavy (non-hydrogen) atoms. The van der Waals surface area contributed by atoms with Gasteiger partial charge in [0.2, 0.25) is 0 Å². The maximum absolute atomic E-state index is 3.64. The zero-order valence-electron chi connectivity index (χ0n) is 11.5. The first-order chi connectivity index (χ1) is 9.79. The second-order valence-corrected chi connectivity index (χ2v) is 6.97. The largest absolute Gasteiger partial charge is 0.387 e. The number of nitrogens with one attached hydrogen (secondary N) is 1. The number of halogens is 1. The van der Waals surface area contributed by atoms with Gasteiger partial charge in [0.05, 0.1) is 0 Å². The molecule has 1 aliphatic carbocycles. The van der Waals surface area contributed by atoms with Gasteiger partial charge < -0.3 is 5.32 Å². The van der Waals surface area contributed by atoms with Crippen molar-refractivity contribution in [1.29, 1.82) is 0 Å². The predicted octanol–water partition coefficient (Wildman–Crippen LogP) is 5.66. The van der Waals surface area contributed by atoms with Gasteiger partial charge in [-0.3, -0.25) is 0 Å². The molecule has 1 nitrogen and oxygen atoms in total. The predicted molar refractivity (Wildman–Crippen MR) is 91.7 cm³/mol. The van der Waals surface area contributed by atoms with Gasteiger partial charge in [-0.25, -0.2) is 0 Å². The molecule has 3 heteroatoms. The molecule has 2 aromatic rings. The Morgan fingerprint density at radius 2 is 1.95 bits per heavy atom. The molecule has 0 unspecified atom stereocenters. The number of hydrogen-bond donors (Lipinski definition) is 1. The molecule has 0 heterocycles. The molecule has 0 atom stereocenters. The van der Waals surface area contributed by atoms with Crippen molar-refractivity contribution in [3.05, 3.63) is 58.1 Å². The Morgan fingerprint density at radius 3 is 2.65 bits per heavy atom. The maximum atomic E-state index is 3.64. The lowest BCUT2D eigenvalue weighted by atomic mass is 10.1. The summed E-state index contributed by atoms with van der Waals surface area (Å²) in [4.78, 5) is 1.42. The molecule has 3 rings (SSSR count). The summed E-state index contributed by atoms with van der Waals surface area (Å²) >= 11 is 5.58. The van der Waals surface area contributed by atoms with E-state index in [0.29, 0.717) is 0 Å². The van der Waals surface area contributed by atoms with Gasteiger partial charge in [0.1, 0.15) is 0 Å². The summed E-state index contributed by atoms with van der Waals surface area (Å²) in [6.07, 6.45) is 2.69. The first-order valence-electron chi connectivity index (χ1n) is 6.96. The van der Waals surface area contributed by atoms with Gasteiger partial charge in [-0.2, -0.15) is 0 Å². The molecule has 2 aromatic carbocycles. The molecular weight excluding hydrogens is 330 g/mol. The molecule has 0 radical (unpaired) electrons. The SMILES string of the molecule is CNc1cccc(C2CC2)c1SCc1ccccc1Br. The molecule has 0 spiro atoms. The molecule has 0 aromatic heterocycles. The smallest absolute Gasteiger partial charge is 0.0478 e. The third-order valence-corrected chi connectivity index (χ3v) is 5.64. The Balaban J connectivity index is 1.84. The van der Waals surface area contributed by atoms with Gasteiger partial charge in [-0.15, -0.1) is 11.8 Å². The molecule has 1 fully saturated rings. The van der Waals surface area contributed by atoms with E-state index in [9.17, 15) is 0 Å². The summed E-state index contributed by atoms with van der Waals surface area (Å²) in [7, 11) is 2.01. The van der Waals surface area contributed by atoms with Crippen LogP contribution in [0.3, 0.4) is 0 Å². The van der Waals surface area contributed by atoms with Crippen LogP contribution in [0.4, 0.5) is 5.69 Å². The Bertz CT molecular complexity index is 608. The lowest BCUT2D eigenvalue weighted by Gasteiger charge is -2.14. The van der Waals surface area contributed by atoms with E-state index in [2.05, 4.69) is 63.7 Å². The molecule has 1 aliphatic rings. The minimum Gasteiger partial charge on any atom is -0.387 e. The van der Waals surface area contributed by atoms with E-state index in [-0.39, 0.29) is 0 Å². The first kappa shape index (κ1) is 14.0. The van der Waals surface area contributed by atoms with Gasteiger partial charge in [-0.05, 0) is 42.0 Å². The average Bonchev–Trinajstić information content (AvgIpc) is 3.30. The number of hydrogen-bond acceptors (Lipinski definition) is 2. The maximum Gasteiger partial charge on any atom is 0.0478 e. The number of thioether (sulfide) groups is 1. The summed E-state index contributed by atoms with van der Waals surface area (Å²) in [6, 6.07) is 15.1. The Morgan fingerprint density at radius 1 is 1.15 bits per heavy atom. The second kappa shape index (κ2) is 6.23. The molecule has 104 valence electrons. The Hall–Kier alpha value is -0.930. The average molecular weight is 348 g/mol. The second-order valence-electron chi connectivity index (χ2n) is 5.13. The third-order valence-electron chi connectivity index (χ3n) is 3.66. The molecule has 1 N–H and O–H groups in total. The summed E-state index contributed by atoms with van der Waals surface area (Å²) in [5.41, 5.74) is 4.13. The van der Waals surface area contributed by atoms with Crippen molar-refractivity contribution in [1.82, 2.24) is 0 Å². The highest BCUT2D eigenvalue weighted by molar-refractivity contribution is 9.10. The van der Waals surface area contributed by atoms with Crippen LogP contribution in [0.5, 0.6) is 0 Å². The molecule has 1 saturated carbocycles. The van der Waals surface area contributed by atoms with E-state index in [1.54, 1.807) is 0 Å². The van der Waals surface area contributed by atoms with Crippen molar-refractivity contribution >= 4 is 33.4 Å². The van der Waals surface area contributed by atoms with Gasteiger partial charge in [0.25, 0.3) is 0 Å². The van der Waals surface area contributed by atoms with Crippen LogP contribution < -0.4 is 5.32 Å². The molecule has 0 amide bonds. The summed E-state index contributed by atoms with van der Waals surface area (Å²) in [6.45, 7) is 0. The topological polar surface area (TPSA) is 12.0 Å². The van der Waals surface area contributed by atoms with Gasteiger partial charge in [0, 0.05) is 27.9 Å². The highest BCUT2D eigenvalue weighted by atomic mass is 79.9. The number of anilines is 1. The summed E-state index contributed by atoms with van der Waals surface area (Å²) in [5.74, 6) is 1.78. The standard InChI is InChI=1S/C17H18BrNS/c1-19-16-8-4-6-14(12-9-10-12)17(16)20-11-13-5-2-3-7-15(13)18/h2-8,12,19H,9-11H2,1H3. The van der Waals surface area contributed by atoms with Crippen molar-refractivity contribution in [3.8, 4) is 0 Å². The molecule has 0 aliphatic heterocycles. The highest BCUT2D eigenvalue weighted by Crippen LogP contribution is 2.47. The van der Waals surface area contributed by atoms with Crippen molar-refractivity contribution in [2.75, 3.05) is 12.4 Å². The monoisotopic (exact) mass is 347 g/mol. The fourth-order valence-corrected chi connectivity index (χ4v) is 4.28. The van der Waals surface area contributed by atoms with Crippen LogP contribution in [0, 0.1) is 0 Å². The Labute approximate surface area is 133 Å². The van der Waals surface area contributed by atoms with Crippen LogP contribution in [-0.4, -0.2) is 7.05 Å². The third kappa shape index (κ3) is 3.04. The molecule has 0 bridgehead atoms. The van der Waals surface area contributed by atoms with Crippen LogP contribution in [0.1, 0.15) is 29.9 Å². The minimum absolute atomic E-state index is 0.782. The van der Waals surface area contributed by atoms with E-state index in [1.807, 2.05) is 18.8 Å². The lowest BCUT2D eigenvalue weighted by Crippen LogP contribution is -1.95. The van der Waals surface area contributed by atoms with Crippen molar-refractivity contribution < 1.29 is 0 Å². The fraction of sp³-hybridized carbons (Fsp3) is 0.294. The van der Waals surface area contributed by atoms with E-state index in [1.165, 1.54) is 39.0 Å². The van der Waals surface area contributed by atoms with Crippen molar-refractivity contribution in [2.45, 2.75) is 29.4 Å². The minimum atomic E-state index is 0.782.